The molecule has 1 aromatic carbocycles. The van der Waals surface area contributed by atoms with Crippen LogP contribution in [0.2, 0.25) is 0 Å². The molecule has 1 fully saturated rings. The van der Waals surface area contributed by atoms with E-state index in [1.165, 1.54) is 14.0 Å². The highest BCUT2D eigenvalue weighted by Gasteiger charge is 2.52. The number of thioether (sulfide) groups is 1. The molecule has 0 N–H and O–H groups in total. The van der Waals surface area contributed by atoms with Gasteiger partial charge in [-0.2, -0.15) is 0 Å². The molecule has 24 heavy (non-hydrogen) atoms. The number of methoxy groups -OCH3 is 1. The van der Waals surface area contributed by atoms with Crippen LogP contribution in [0.4, 0.5) is 0 Å². The third kappa shape index (κ3) is 3.96. The van der Waals surface area contributed by atoms with Crippen LogP contribution in [0.1, 0.15) is 12.5 Å². The summed E-state index contributed by atoms with van der Waals surface area (Å²) in [6.45, 7) is 1.21. The van der Waals surface area contributed by atoms with Gasteiger partial charge in [0.25, 0.3) is 0 Å². The Morgan fingerprint density at radius 3 is 2.42 bits per heavy atom. The fraction of sp³-hybridized carbons (Fsp3) is 0.333. The van der Waals surface area contributed by atoms with Crippen molar-refractivity contribution in [1.29, 1.82) is 0 Å². The van der Waals surface area contributed by atoms with Crippen molar-refractivity contribution in [2.45, 2.75) is 23.7 Å². The summed E-state index contributed by atoms with van der Waals surface area (Å²) in [4.78, 5) is 46.9. The average molecular weight is 416 g/mol. The number of nitrogens with zero attached hydrogens (tertiary/aromatic N) is 1. The molecule has 0 spiro atoms. The van der Waals surface area contributed by atoms with Gasteiger partial charge in [-0.05, 0) is 17.7 Å². The topological polar surface area (TPSA) is 90.0 Å². The number of esters is 1. The van der Waals surface area contributed by atoms with E-state index >= 15 is 0 Å². The second-order valence-electron chi connectivity index (χ2n) is 4.84. The van der Waals surface area contributed by atoms with Crippen LogP contribution in [0.25, 0.3) is 0 Å². The van der Waals surface area contributed by atoms with Crippen molar-refractivity contribution in [3.05, 3.63) is 29.8 Å². The summed E-state index contributed by atoms with van der Waals surface area (Å²) in [6.07, 6.45) is 0. The Kier molecular flexibility index (Phi) is 6.00. The van der Waals surface area contributed by atoms with E-state index in [0.717, 1.165) is 16.7 Å². The van der Waals surface area contributed by atoms with E-state index in [2.05, 4.69) is 15.9 Å². The minimum absolute atomic E-state index is 0.112. The predicted molar refractivity (Wildman–Crippen MR) is 89.4 cm³/mol. The van der Waals surface area contributed by atoms with Gasteiger partial charge < -0.3 is 9.47 Å². The quantitative estimate of drug-likeness (QED) is 0.318. The summed E-state index contributed by atoms with van der Waals surface area (Å²) >= 11 is 3.89. The summed E-state index contributed by atoms with van der Waals surface area (Å²) in [5.74, 6) is -2.14. The number of alkyl halides is 1. The maximum absolute atomic E-state index is 12.1. The number of hydrogen-bond acceptors (Lipinski definition) is 7. The van der Waals surface area contributed by atoms with Crippen LogP contribution in [-0.4, -0.2) is 45.1 Å². The highest BCUT2D eigenvalue weighted by Crippen LogP contribution is 2.35. The summed E-state index contributed by atoms with van der Waals surface area (Å²) in [6, 6.07) is 6.76. The van der Waals surface area contributed by atoms with E-state index in [4.69, 9.17) is 9.47 Å². The lowest BCUT2D eigenvalue weighted by Crippen LogP contribution is -2.64. The maximum atomic E-state index is 12.1. The number of rotatable bonds is 4. The van der Waals surface area contributed by atoms with Crippen molar-refractivity contribution >= 4 is 50.6 Å². The molecule has 0 bridgehead atoms. The maximum Gasteiger partial charge on any atom is 0.397 e. The molecule has 128 valence electrons. The largest absolute Gasteiger partial charge is 0.497 e. The van der Waals surface area contributed by atoms with E-state index in [1.54, 1.807) is 24.3 Å². The van der Waals surface area contributed by atoms with Crippen molar-refractivity contribution in [2.24, 2.45) is 0 Å². The third-order valence-electron chi connectivity index (χ3n) is 3.19. The molecule has 0 aromatic heterocycles. The van der Waals surface area contributed by atoms with Crippen LogP contribution in [-0.2, 0) is 30.5 Å². The first kappa shape index (κ1) is 18.5. The first-order valence-corrected chi connectivity index (χ1v) is 8.63. The number of carbonyl (C=O) groups is 4. The molecule has 1 aliphatic heterocycles. The number of β-lactam (4-membered cyclic amide) rings is 1. The zero-order valence-corrected chi connectivity index (χ0v) is 15.3. The molecule has 2 amide bonds. The number of likely N-dealkylation sites (tertiary alicyclic amines) is 1. The zero-order valence-electron chi connectivity index (χ0n) is 12.9. The molecule has 9 heteroatoms. The fourth-order valence-electron chi connectivity index (χ4n) is 1.96. The molecule has 2 rings (SSSR count). The molecule has 1 aliphatic rings. The number of amides is 2. The Morgan fingerprint density at radius 1 is 1.25 bits per heavy atom. The van der Waals surface area contributed by atoms with Crippen molar-refractivity contribution < 1.29 is 28.7 Å². The molecule has 2 unspecified atom stereocenters. The summed E-state index contributed by atoms with van der Waals surface area (Å²) in [7, 11) is 1.53. The van der Waals surface area contributed by atoms with Crippen LogP contribution in [0.5, 0.6) is 5.75 Å². The van der Waals surface area contributed by atoms with Crippen LogP contribution < -0.4 is 4.74 Å². The second kappa shape index (κ2) is 7.80. The SMILES string of the molecule is COc1ccc(COC(=O)C(=O)N2C(=O)C(Br)C2SC(C)=O)cc1. The predicted octanol–water partition coefficient (Wildman–Crippen LogP) is 1.48. The number of benzene rings is 1. The van der Waals surface area contributed by atoms with Gasteiger partial charge in [0.15, 0.2) is 5.12 Å². The average Bonchev–Trinajstić information content (AvgIpc) is 2.58. The number of halogens is 1. The highest BCUT2D eigenvalue weighted by atomic mass is 79.9. The van der Waals surface area contributed by atoms with Gasteiger partial charge in [0, 0.05) is 6.92 Å². The van der Waals surface area contributed by atoms with Gasteiger partial charge >= 0.3 is 11.9 Å². The lowest BCUT2D eigenvalue weighted by atomic mass is 10.2. The Balaban J connectivity index is 1.94. The summed E-state index contributed by atoms with van der Waals surface area (Å²) in [5, 5.41) is -1.00. The first-order valence-electron chi connectivity index (χ1n) is 6.83. The fourth-order valence-corrected chi connectivity index (χ4v) is 3.62. The van der Waals surface area contributed by atoms with E-state index in [1.807, 2.05) is 0 Å². The minimum atomic E-state index is -1.15. The van der Waals surface area contributed by atoms with Gasteiger partial charge in [-0.1, -0.05) is 39.8 Å². The number of imide groups is 1. The monoisotopic (exact) mass is 415 g/mol. The number of carbonyl (C=O) groups excluding carboxylic acids is 4. The molecule has 1 aromatic rings. The molecule has 2 atom stereocenters. The van der Waals surface area contributed by atoms with E-state index in [9.17, 15) is 19.2 Å². The Morgan fingerprint density at radius 2 is 1.88 bits per heavy atom. The molecule has 0 aliphatic carbocycles. The second-order valence-corrected chi connectivity index (χ2v) is 7.12. The molecule has 0 radical (unpaired) electrons. The van der Waals surface area contributed by atoms with Crippen LogP contribution in [0.15, 0.2) is 24.3 Å². The molecule has 1 saturated heterocycles. The van der Waals surface area contributed by atoms with Gasteiger partial charge in [0.2, 0.25) is 5.91 Å². The lowest BCUT2D eigenvalue weighted by Gasteiger charge is -2.40. The molecule has 0 saturated carbocycles. The first-order chi connectivity index (χ1) is 11.3. The lowest BCUT2D eigenvalue weighted by molar-refractivity contribution is -0.168. The van der Waals surface area contributed by atoms with Crippen LogP contribution in [0.3, 0.4) is 0 Å². The van der Waals surface area contributed by atoms with E-state index < -0.39 is 28.0 Å². The number of hydrogen-bond donors (Lipinski definition) is 0. The van der Waals surface area contributed by atoms with E-state index in [-0.39, 0.29) is 11.7 Å². The van der Waals surface area contributed by atoms with Gasteiger partial charge in [-0.25, -0.2) is 4.79 Å². The van der Waals surface area contributed by atoms with Crippen molar-refractivity contribution in [1.82, 2.24) is 4.90 Å². The van der Waals surface area contributed by atoms with Gasteiger partial charge in [-0.3, -0.25) is 19.3 Å². The molecular weight excluding hydrogens is 402 g/mol. The van der Waals surface area contributed by atoms with Crippen LogP contribution in [0, 0.1) is 0 Å². The normalized spacial score (nSPS) is 19.5. The van der Waals surface area contributed by atoms with Gasteiger partial charge in [0.05, 0.1) is 7.11 Å². The highest BCUT2D eigenvalue weighted by molar-refractivity contribution is 9.10. The Bertz CT molecular complexity index is 677. The Labute approximate surface area is 150 Å². The minimum Gasteiger partial charge on any atom is -0.497 e. The van der Waals surface area contributed by atoms with Gasteiger partial charge in [0.1, 0.15) is 22.6 Å². The number of ether oxygens (including phenoxy) is 2. The van der Waals surface area contributed by atoms with Crippen molar-refractivity contribution in [2.75, 3.05) is 7.11 Å². The molecule has 1 heterocycles. The molecule has 7 nitrogen and oxygen atoms in total. The van der Waals surface area contributed by atoms with Crippen LogP contribution >= 0.6 is 27.7 Å². The van der Waals surface area contributed by atoms with Crippen molar-refractivity contribution in [3.63, 3.8) is 0 Å². The smallest absolute Gasteiger partial charge is 0.397 e. The zero-order chi connectivity index (χ0) is 17.9. The summed E-state index contributed by atoms with van der Waals surface area (Å²) < 4.78 is 9.94. The standard InChI is InChI=1S/C15H14BrNO6S/c1-8(18)24-14-11(16)12(19)17(14)13(20)15(21)23-7-9-3-5-10(22-2)6-4-9/h3-6,11,14H,7H2,1-2H3. The third-order valence-corrected chi connectivity index (χ3v) is 5.49. The van der Waals surface area contributed by atoms with Gasteiger partial charge in [-0.15, -0.1) is 0 Å². The van der Waals surface area contributed by atoms with E-state index in [0.29, 0.717) is 11.3 Å². The summed E-state index contributed by atoms with van der Waals surface area (Å²) in [5.41, 5.74) is 0.667. The van der Waals surface area contributed by atoms with Crippen molar-refractivity contribution in [3.8, 4) is 5.75 Å². The Hall–Kier alpha value is -1.87. The molecular formula is C15H14BrNO6S.